The highest BCUT2D eigenvalue weighted by Gasteiger charge is 2.34. The van der Waals surface area contributed by atoms with Gasteiger partial charge < -0.3 is 15.1 Å². The Kier molecular flexibility index (Phi) is 5.51. The SMILES string of the molecule is Cc1cc(N2CCN(C)CC2)ccc1CNC(=O)c1nc2c(s1)C(=O)c1ccncc1C2=O. The molecule has 0 atom stereocenters. The van der Waals surface area contributed by atoms with E-state index in [2.05, 4.69) is 44.3 Å². The van der Waals surface area contributed by atoms with E-state index in [0.717, 1.165) is 48.6 Å². The summed E-state index contributed by atoms with van der Waals surface area (Å²) >= 11 is 0.955. The number of ketones is 2. The molecule has 1 fully saturated rings. The number of rotatable bonds is 4. The zero-order valence-corrected chi connectivity index (χ0v) is 19.2. The molecule has 1 amide bonds. The van der Waals surface area contributed by atoms with Crippen molar-refractivity contribution in [3.63, 3.8) is 0 Å². The average Bonchev–Trinajstić information content (AvgIpc) is 3.28. The molecular formula is C24H23N5O3S. The summed E-state index contributed by atoms with van der Waals surface area (Å²) in [5.41, 5.74) is 3.85. The molecule has 3 heterocycles. The number of nitrogens with one attached hydrogen (secondary N) is 1. The van der Waals surface area contributed by atoms with Gasteiger partial charge in [-0.2, -0.15) is 0 Å². The van der Waals surface area contributed by atoms with Crippen molar-refractivity contribution in [1.82, 2.24) is 20.2 Å². The number of carbonyl (C=O) groups is 3. The van der Waals surface area contributed by atoms with E-state index >= 15 is 0 Å². The Balaban J connectivity index is 1.29. The average molecular weight is 462 g/mol. The third kappa shape index (κ3) is 3.94. The number of thiazole rings is 1. The Morgan fingerprint density at radius 1 is 1.09 bits per heavy atom. The molecule has 2 aromatic heterocycles. The summed E-state index contributed by atoms with van der Waals surface area (Å²) in [7, 11) is 2.13. The number of aryl methyl sites for hydroxylation is 1. The normalized spacial score (nSPS) is 15.9. The Labute approximate surface area is 195 Å². The molecule has 5 rings (SSSR count). The molecule has 0 saturated carbocycles. The number of likely N-dealkylation sites (N-methyl/N-ethyl adjacent to an activating group) is 1. The second kappa shape index (κ2) is 8.49. The van der Waals surface area contributed by atoms with Gasteiger partial charge in [-0.15, -0.1) is 11.3 Å². The van der Waals surface area contributed by atoms with Gasteiger partial charge in [0.2, 0.25) is 11.6 Å². The zero-order chi connectivity index (χ0) is 23.1. The fourth-order valence-electron chi connectivity index (χ4n) is 4.14. The van der Waals surface area contributed by atoms with E-state index in [1.54, 1.807) is 0 Å². The lowest BCUT2D eigenvalue weighted by Crippen LogP contribution is -2.44. The van der Waals surface area contributed by atoms with Gasteiger partial charge in [-0.05, 0) is 43.3 Å². The van der Waals surface area contributed by atoms with Crippen molar-refractivity contribution >= 4 is 34.5 Å². The van der Waals surface area contributed by atoms with Crippen LogP contribution >= 0.6 is 11.3 Å². The van der Waals surface area contributed by atoms with E-state index in [9.17, 15) is 14.4 Å². The van der Waals surface area contributed by atoms with E-state index in [0.29, 0.717) is 12.1 Å². The largest absolute Gasteiger partial charge is 0.369 e. The minimum absolute atomic E-state index is 0.0309. The first-order valence-electron chi connectivity index (χ1n) is 10.8. The van der Waals surface area contributed by atoms with Gasteiger partial charge in [0.25, 0.3) is 5.91 Å². The molecular weight excluding hydrogens is 438 g/mol. The van der Waals surface area contributed by atoms with Gasteiger partial charge in [0, 0.05) is 56.4 Å². The van der Waals surface area contributed by atoms with E-state index in [1.807, 2.05) is 13.0 Å². The van der Waals surface area contributed by atoms with Gasteiger partial charge >= 0.3 is 0 Å². The molecule has 1 aliphatic carbocycles. The number of carbonyl (C=O) groups excluding carboxylic acids is 3. The number of benzene rings is 1. The molecule has 1 saturated heterocycles. The first-order chi connectivity index (χ1) is 15.9. The number of piperazine rings is 1. The lowest BCUT2D eigenvalue weighted by molar-refractivity contribution is 0.0949. The van der Waals surface area contributed by atoms with Gasteiger partial charge in [-0.1, -0.05) is 6.07 Å². The van der Waals surface area contributed by atoms with Crippen LogP contribution in [-0.4, -0.2) is 65.6 Å². The number of nitrogens with zero attached hydrogens (tertiary/aromatic N) is 4. The van der Waals surface area contributed by atoms with Gasteiger partial charge in [0.15, 0.2) is 5.01 Å². The highest BCUT2D eigenvalue weighted by Crippen LogP contribution is 2.30. The van der Waals surface area contributed by atoms with Crippen LogP contribution in [0.4, 0.5) is 5.69 Å². The first kappa shape index (κ1) is 21.4. The molecule has 1 N–H and O–H groups in total. The molecule has 1 aliphatic heterocycles. The molecule has 168 valence electrons. The number of pyridine rings is 1. The zero-order valence-electron chi connectivity index (χ0n) is 18.4. The summed E-state index contributed by atoms with van der Waals surface area (Å²) in [4.78, 5) is 51.2. The first-order valence-corrected chi connectivity index (χ1v) is 11.6. The molecule has 9 heteroatoms. The van der Waals surface area contributed by atoms with Crippen LogP contribution in [0.5, 0.6) is 0 Å². The Hall–Kier alpha value is -3.43. The smallest absolute Gasteiger partial charge is 0.280 e. The van der Waals surface area contributed by atoms with Crippen LogP contribution in [-0.2, 0) is 6.54 Å². The molecule has 0 spiro atoms. The van der Waals surface area contributed by atoms with E-state index in [1.165, 1.54) is 24.1 Å². The number of anilines is 1. The van der Waals surface area contributed by atoms with Gasteiger partial charge in [0.05, 0.1) is 5.56 Å². The molecule has 0 radical (unpaired) electrons. The molecule has 3 aromatic rings. The maximum Gasteiger partial charge on any atom is 0.280 e. The number of hydrogen-bond acceptors (Lipinski definition) is 8. The van der Waals surface area contributed by atoms with Crippen molar-refractivity contribution in [2.24, 2.45) is 0 Å². The molecule has 0 bridgehead atoms. The van der Waals surface area contributed by atoms with Gasteiger partial charge in [-0.3, -0.25) is 19.4 Å². The fourth-order valence-corrected chi connectivity index (χ4v) is 5.07. The monoisotopic (exact) mass is 461 g/mol. The summed E-state index contributed by atoms with van der Waals surface area (Å²) < 4.78 is 0. The summed E-state index contributed by atoms with van der Waals surface area (Å²) in [5, 5.41) is 2.98. The van der Waals surface area contributed by atoms with Crippen molar-refractivity contribution in [2.75, 3.05) is 38.1 Å². The van der Waals surface area contributed by atoms with E-state index in [4.69, 9.17) is 0 Å². The Morgan fingerprint density at radius 2 is 1.88 bits per heavy atom. The summed E-state index contributed by atoms with van der Waals surface area (Å²) in [5.74, 6) is -1.08. The van der Waals surface area contributed by atoms with Crippen molar-refractivity contribution < 1.29 is 14.4 Å². The number of amides is 1. The second-order valence-electron chi connectivity index (χ2n) is 8.36. The summed E-state index contributed by atoms with van der Waals surface area (Å²) in [6.07, 6.45) is 2.84. The number of fused-ring (bicyclic) bond motifs is 2. The predicted molar refractivity (Wildman–Crippen MR) is 125 cm³/mol. The highest BCUT2D eigenvalue weighted by molar-refractivity contribution is 7.16. The van der Waals surface area contributed by atoms with Crippen molar-refractivity contribution in [3.8, 4) is 0 Å². The third-order valence-electron chi connectivity index (χ3n) is 6.19. The Bertz CT molecular complexity index is 1220. The summed E-state index contributed by atoms with van der Waals surface area (Å²) in [6, 6.07) is 7.79. The van der Waals surface area contributed by atoms with Crippen LogP contribution in [0.1, 0.15) is 52.2 Å². The van der Waals surface area contributed by atoms with Crippen LogP contribution in [0.25, 0.3) is 0 Å². The van der Waals surface area contributed by atoms with Crippen molar-refractivity contribution in [1.29, 1.82) is 0 Å². The standard InChI is InChI=1S/C24H23N5O3S/c1-14-11-16(29-9-7-28(2)8-10-29)4-3-15(14)12-26-23(32)24-27-19-20(30)18-13-25-6-5-17(18)21(31)22(19)33-24/h3-6,11,13H,7-10,12H2,1-2H3,(H,26,32). The van der Waals surface area contributed by atoms with E-state index in [-0.39, 0.29) is 32.7 Å². The van der Waals surface area contributed by atoms with Gasteiger partial charge in [-0.25, -0.2) is 4.98 Å². The fraction of sp³-hybridized carbons (Fsp3) is 0.292. The lowest BCUT2D eigenvalue weighted by Gasteiger charge is -2.34. The van der Waals surface area contributed by atoms with Crippen LogP contribution in [0, 0.1) is 6.92 Å². The van der Waals surface area contributed by atoms with E-state index < -0.39 is 5.91 Å². The highest BCUT2D eigenvalue weighted by atomic mass is 32.1. The molecule has 1 aromatic carbocycles. The maximum absolute atomic E-state index is 12.8. The lowest BCUT2D eigenvalue weighted by atomic mass is 9.93. The molecule has 0 unspecified atom stereocenters. The van der Waals surface area contributed by atoms with Crippen LogP contribution < -0.4 is 10.2 Å². The second-order valence-corrected chi connectivity index (χ2v) is 9.36. The quantitative estimate of drug-likeness (QED) is 0.498. The van der Waals surface area contributed by atoms with Crippen LogP contribution in [0.15, 0.2) is 36.7 Å². The van der Waals surface area contributed by atoms with Crippen LogP contribution in [0.3, 0.4) is 0 Å². The minimum Gasteiger partial charge on any atom is -0.369 e. The van der Waals surface area contributed by atoms with Crippen LogP contribution in [0.2, 0.25) is 0 Å². The molecule has 8 nitrogen and oxygen atoms in total. The molecule has 2 aliphatic rings. The minimum atomic E-state index is -0.403. The molecule has 33 heavy (non-hydrogen) atoms. The topological polar surface area (TPSA) is 95.5 Å². The summed E-state index contributed by atoms with van der Waals surface area (Å²) in [6.45, 7) is 6.45. The van der Waals surface area contributed by atoms with Crippen molar-refractivity contribution in [3.05, 3.63) is 74.5 Å². The van der Waals surface area contributed by atoms with Crippen molar-refractivity contribution in [2.45, 2.75) is 13.5 Å². The van der Waals surface area contributed by atoms with Gasteiger partial charge in [0.1, 0.15) is 10.6 Å². The third-order valence-corrected chi connectivity index (χ3v) is 7.24. The predicted octanol–water partition coefficient (Wildman–Crippen LogP) is 2.30. The maximum atomic E-state index is 12.8. The number of hydrogen-bond donors (Lipinski definition) is 1. The Morgan fingerprint density at radius 3 is 2.64 bits per heavy atom. The number of aromatic nitrogens is 2.